The van der Waals surface area contributed by atoms with Crippen LogP contribution < -0.4 is 15.2 Å². The number of carboxylic acids is 1. The Balaban J connectivity index is 3.06. The summed E-state index contributed by atoms with van der Waals surface area (Å²) >= 11 is 0. The molecule has 5 nitrogen and oxygen atoms in total. The number of benzene rings is 1. The summed E-state index contributed by atoms with van der Waals surface area (Å²) in [6, 6.07) is 5.43. The predicted octanol–water partition coefficient (Wildman–Crippen LogP) is 1.44. The SMILES string of the molecule is CCC(Oc1c(CCN)cccc1OC)C(=O)O. The van der Waals surface area contributed by atoms with E-state index in [2.05, 4.69) is 0 Å². The number of rotatable bonds is 7. The highest BCUT2D eigenvalue weighted by atomic mass is 16.5. The van der Waals surface area contributed by atoms with Crippen LogP contribution in [0.2, 0.25) is 0 Å². The summed E-state index contributed by atoms with van der Waals surface area (Å²) in [6.07, 6.45) is 0.121. The van der Waals surface area contributed by atoms with Gasteiger partial charge in [0.25, 0.3) is 0 Å². The summed E-state index contributed by atoms with van der Waals surface area (Å²) in [5.74, 6) is 0.0162. The molecule has 0 aliphatic rings. The number of carboxylic acid groups (broad SMARTS) is 1. The third-order valence-electron chi connectivity index (χ3n) is 2.60. The van der Waals surface area contributed by atoms with Crippen LogP contribution in [0.3, 0.4) is 0 Å². The molecular weight excluding hydrogens is 234 g/mol. The van der Waals surface area contributed by atoms with Crippen molar-refractivity contribution in [3.05, 3.63) is 23.8 Å². The fourth-order valence-electron chi connectivity index (χ4n) is 1.66. The fourth-order valence-corrected chi connectivity index (χ4v) is 1.66. The molecule has 3 N–H and O–H groups in total. The zero-order valence-corrected chi connectivity index (χ0v) is 10.7. The molecule has 18 heavy (non-hydrogen) atoms. The molecule has 0 radical (unpaired) electrons. The molecule has 0 aliphatic carbocycles. The quantitative estimate of drug-likeness (QED) is 0.768. The lowest BCUT2D eigenvalue weighted by Gasteiger charge is -2.18. The van der Waals surface area contributed by atoms with E-state index in [4.69, 9.17) is 20.3 Å². The molecule has 1 aromatic rings. The van der Waals surface area contributed by atoms with E-state index in [-0.39, 0.29) is 0 Å². The first-order valence-corrected chi connectivity index (χ1v) is 5.89. The van der Waals surface area contributed by atoms with Crippen molar-refractivity contribution >= 4 is 5.97 Å². The van der Waals surface area contributed by atoms with Crippen molar-refractivity contribution in [2.45, 2.75) is 25.9 Å². The van der Waals surface area contributed by atoms with Crippen molar-refractivity contribution in [1.82, 2.24) is 0 Å². The summed E-state index contributed by atoms with van der Waals surface area (Å²) in [6.45, 7) is 2.23. The van der Waals surface area contributed by atoms with Gasteiger partial charge in [0.05, 0.1) is 7.11 Å². The number of para-hydroxylation sites is 1. The molecule has 1 aromatic carbocycles. The number of hydrogen-bond donors (Lipinski definition) is 2. The number of aliphatic carboxylic acids is 1. The van der Waals surface area contributed by atoms with Crippen LogP contribution in [-0.4, -0.2) is 30.8 Å². The van der Waals surface area contributed by atoms with Crippen LogP contribution in [-0.2, 0) is 11.2 Å². The highest BCUT2D eigenvalue weighted by Crippen LogP contribution is 2.32. The zero-order valence-electron chi connectivity index (χ0n) is 10.7. The van der Waals surface area contributed by atoms with Gasteiger partial charge in [0.2, 0.25) is 0 Å². The third kappa shape index (κ3) is 3.37. The molecule has 0 heterocycles. The molecule has 1 atom stereocenters. The maximum Gasteiger partial charge on any atom is 0.344 e. The average Bonchev–Trinajstić information content (AvgIpc) is 2.36. The van der Waals surface area contributed by atoms with Crippen LogP contribution >= 0.6 is 0 Å². The highest BCUT2D eigenvalue weighted by Gasteiger charge is 2.20. The summed E-state index contributed by atoms with van der Waals surface area (Å²) in [5.41, 5.74) is 6.39. The Morgan fingerprint density at radius 1 is 1.50 bits per heavy atom. The monoisotopic (exact) mass is 253 g/mol. The van der Waals surface area contributed by atoms with Gasteiger partial charge in [0, 0.05) is 0 Å². The Kier molecular flexibility index (Phi) is 5.45. The molecule has 100 valence electrons. The van der Waals surface area contributed by atoms with Crippen molar-refractivity contribution in [2.24, 2.45) is 5.73 Å². The first-order valence-electron chi connectivity index (χ1n) is 5.89. The lowest BCUT2D eigenvalue weighted by atomic mass is 10.1. The fraction of sp³-hybridized carbons (Fsp3) is 0.462. The Morgan fingerprint density at radius 2 is 2.22 bits per heavy atom. The van der Waals surface area contributed by atoms with Crippen molar-refractivity contribution in [3.8, 4) is 11.5 Å². The van der Waals surface area contributed by atoms with Crippen molar-refractivity contribution in [2.75, 3.05) is 13.7 Å². The first kappa shape index (κ1) is 14.3. The number of nitrogens with two attached hydrogens (primary N) is 1. The van der Waals surface area contributed by atoms with Crippen LogP contribution in [0.15, 0.2) is 18.2 Å². The van der Waals surface area contributed by atoms with Gasteiger partial charge >= 0.3 is 5.97 Å². The van der Waals surface area contributed by atoms with Gasteiger partial charge in [-0.15, -0.1) is 0 Å². The van der Waals surface area contributed by atoms with E-state index >= 15 is 0 Å². The van der Waals surface area contributed by atoms with E-state index in [1.807, 2.05) is 12.1 Å². The second-order valence-electron chi connectivity index (χ2n) is 3.84. The van der Waals surface area contributed by atoms with E-state index in [0.717, 1.165) is 5.56 Å². The molecule has 1 rings (SSSR count). The van der Waals surface area contributed by atoms with Crippen LogP contribution in [0, 0.1) is 0 Å². The van der Waals surface area contributed by atoms with Crippen LogP contribution in [0.1, 0.15) is 18.9 Å². The van der Waals surface area contributed by atoms with E-state index < -0.39 is 12.1 Å². The summed E-state index contributed by atoms with van der Waals surface area (Å²) in [5, 5.41) is 9.03. The van der Waals surface area contributed by atoms with E-state index in [0.29, 0.717) is 30.9 Å². The minimum Gasteiger partial charge on any atom is -0.493 e. The number of ether oxygens (including phenoxy) is 2. The minimum atomic E-state index is -0.984. The summed E-state index contributed by atoms with van der Waals surface area (Å²) in [4.78, 5) is 11.0. The maximum absolute atomic E-state index is 11.0. The van der Waals surface area contributed by atoms with Gasteiger partial charge in [0.1, 0.15) is 0 Å². The van der Waals surface area contributed by atoms with Gasteiger partial charge in [0.15, 0.2) is 17.6 Å². The van der Waals surface area contributed by atoms with Gasteiger partial charge in [-0.25, -0.2) is 4.79 Å². The van der Waals surface area contributed by atoms with Gasteiger partial charge in [-0.1, -0.05) is 19.1 Å². The average molecular weight is 253 g/mol. The van der Waals surface area contributed by atoms with Crippen LogP contribution in [0.4, 0.5) is 0 Å². The first-order chi connectivity index (χ1) is 8.63. The van der Waals surface area contributed by atoms with Crippen molar-refractivity contribution in [3.63, 3.8) is 0 Å². The van der Waals surface area contributed by atoms with Gasteiger partial charge < -0.3 is 20.3 Å². The second kappa shape index (κ2) is 6.86. The molecule has 0 aromatic heterocycles. The number of hydrogen-bond acceptors (Lipinski definition) is 4. The van der Waals surface area contributed by atoms with E-state index in [1.54, 1.807) is 13.0 Å². The van der Waals surface area contributed by atoms with E-state index in [9.17, 15) is 4.79 Å². The van der Waals surface area contributed by atoms with Gasteiger partial charge in [-0.2, -0.15) is 0 Å². The van der Waals surface area contributed by atoms with Crippen molar-refractivity contribution in [1.29, 1.82) is 0 Å². The Labute approximate surface area is 107 Å². The highest BCUT2D eigenvalue weighted by molar-refractivity contribution is 5.73. The Hall–Kier alpha value is -1.75. The molecule has 0 aliphatic heterocycles. The normalized spacial score (nSPS) is 11.9. The van der Waals surface area contributed by atoms with E-state index in [1.165, 1.54) is 7.11 Å². The summed E-state index contributed by atoms with van der Waals surface area (Å²) in [7, 11) is 1.52. The molecule has 0 bridgehead atoms. The number of methoxy groups -OCH3 is 1. The van der Waals surface area contributed by atoms with Crippen LogP contribution in [0.5, 0.6) is 11.5 Å². The molecule has 0 saturated heterocycles. The standard InChI is InChI=1S/C13H19NO4/c1-3-10(13(15)16)18-12-9(7-8-14)5-4-6-11(12)17-2/h4-6,10H,3,7-8,14H2,1-2H3,(H,15,16). The lowest BCUT2D eigenvalue weighted by Crippen LogP contribution is -2.26. The molecule has 0 saturated carbocycles. The largest absolute Gasteiger partial charge is 0.493 e. The zero-order chi connectivity index (χ0) is 13.5. The molecule has 1 unspecified atom stereocenters. The predicted molar refractivity (Wildman–Crippen MR) is 68.1 cm³/mol. The van der Waals surface area contributed by atoms with Crippen molar-refractivity contribution < 1.29 is 19.4 Å². The van der Waals surface area contributed by atoms with Crippen LogP contribution in [0.25, 0.3) is 0 Å². The Morgan fingerprint density at radius 3 is 2.72 bits per heavy atom. The molecular formula is C13H19NO4. The van der Waals surface area contributed by atoms with Gasteiger partial charge in [-0.3, -0.25) is 0 Å². The number of carbonyl (C=O) groups is 1. The second-order valence-corrected chi connectivity index (χ2v) is 3.84. The molecule has 5 heteroatoms. The molecule has 0 fully saturated rings. The smallest absolute Gasteiger partial charge is 0.344 e. The summed E-state index contributed by atoms with van der Waals surface area (Å²) < 4.78 is 10.7. The Bertz CT molecular complexity index is 406. The molecule has 0 amide bonds. The third-order valence-corrected chi connectivity index (χ3v) is 2.60. The topological polar surface area (TPSA) is 81.8 Å². The van der Waals surface area contributed by atoms with Gasteiger partial charge in [-0.05, 0) is 31.0 Å². The maximum atomic E-state index is 11.0. The lowest BCUT2D eigenvalue weighted by molar-refractivity contribution is -0.145. The minimum absolute atomic E-state index is 0.384. The molecule has 0 spiro atoms.